The molecule has 0 radical (unpaired) electrons. The molecule has 5 heteroatoms. The highest BCUT2D eigenvalue weighted by molar-refractivity contribution is 4.71. The lowest BCUT2D eigenvalue weighted by molar-refractivity contribution is -0.0329. The minimum atomic E-state index is 0.421. The molecule has 0 amide bonds. The minimum absolute atomic E-state index is 0.421. The highest BCUT2D eigenvalue weighted by Crippen LogP contribution is 2.12. The summed E-state index contributed by atoms with van der Waals surface area (Å²) in [5, 5.41) is 0. The summed E-state index contributed by atoms with van der Waals surface area (Å²) in [6.45, 7) is 13.6. The molecule has 0 saturated carbocycles. The number of rotatable bonds is 11. The standard InChI is InChI=1S/C14H29NO4.C2H6/c1-3-15-6-4-14(5-7-15)19-13-12-18-11-10-17-9-8-16-2;1-2/h14H,3-13H2,1-2H3;1-2H3. The normalized spacial score (nSPS) is 16.6. The number of hydrogen-bond acceptors (Lipinski definition) is 5. The Morgan fingerprint density at radius 3 is 1.90 bits per heavy atom. The van der Waals surface area contributed by atoms with Crippen molar-refractivity contribution in [2.75, 3.05) is 66.4 Å². The van der Waals surface area contributed by atoms with E-state index in [4.69, 9.17) is 18.9 Å². The number of nitrogens with zero attached hydrogens (tertiary/aromatic N) is 1. The minimum Gasteiger partial charge on any atom is -0.382 e. The maximum atomic E-state index is 5.81. The van der Waals surface area contributed by atoms with E-state index in [0.29, 0.717) is 45.7 Å². The lowest BCUT2D eigenvalue weighted by atomic mass is 10.1. The van der Waals surface area contributed by atoms with Gasteiger partial charge >= 0.3 is 0 Å². The summed E-state index contributed by atoms with van der Waals surface area (Å²) < 4.78 is 21.4. The van der Waals surface area contributed by atoms with Gasteiger partial charge in [-0.1, -0.05) is 20.8 Å². The van der Waals surface area contributed by atoms with Crippen LogP contribution < -0.4 is 0 Å². The highest BCUT2D eigenvalue weighted by Gasteiger charge is 2.17. The molecular weight excluding hydrogens is 270 g/mol. The molecule has 21 heavy (non-hydrogen) atoms. The average Bonchev–Trinajstić information content (AvgIpc) is 2.56. The Bertz CT molecular complexity index is 197. The zero-order chi connectivity index (χ0) is 15.8. The first-order valence-corrected chi connectivity index (χ1v) is 8.35. The van der Waals surface area contributed by atoms with Gasteiger partial charge in [0, 0.05) is 20.2 Å². The first-order valence-electron chi connectivity index (χ1n) is 8.35. The van der Waals surface area contributed by atoms with E-state index < -0.39 is 0 Å². The van der Waals surface area contributed by atoms with Crippen LogP contribution in [0.5, 0.6) is 0 Å². The molecular formula is C16H35NO4. The third-order valence-corrected chi connectivity index (χ3v) is 3.37. The smallest absolute Gasteiger partial charge is 0.0704 e. The number of ether oxygens (including phenoxy) is 4. The zero-order valence-electron chi connectivity index (χ0n) is 14.4. The molecule has 0 spiro atoms. The van der Waals surface area contributed by atoms with Crippen LogP contribution in [0.25, 0.3) is 0 Å². The van der Waals surface area contributed by atoms with Crippen molar-refractivity contribution < 1.29 is 18.9 Å². The largest absolute Gasteiger partial charge is 0.382 e. The zero-order valence-corrected chi connectivity index (χ0v) is 14.4. The molecule has 0 N–H and O–H groups in total. The van der Waals surface area contributed by atoms with Gasteiger partial charge in [-0.15, -0.1) is 0 Å². The number of methoxy groups -OCH3 is 1. The van der Waals surface area contributed by atoms with Crippen molar-refractivity contribution in [1.29, 1.82) is 0 Å². The Morgan fingerprint density at radius 2 is 1.38 bits per heavy atom. The Balaban J connectivity index is 0.00000191. The maximum absolute atomic E-state index is 5.81. The number of piperidine rings is 1. The molecule has 1 aliphatic rings. The van der Waals surface area contributed by atoms with Crippen molar-refractivity contribution in [3.8, 4) is 0 Å². The van der Waals surface area contributed by atoms with Gasteiger partial charge in [-0.2, -0.15) is 0 Å². The van der Waals surface area contributed by atoms with E-state index in [1.165, 1.54) is 0 Å². The van der Waals surface area contributed by atoms with Crippen LogP contribution in [0, 0.1) is 0 Å². The summed E-state index contributed by atoms with van der Waals surface area (Å²) in [7, 11) is 1.67. The average molecular weight is 305 g/mol. The molecule has 1 heterocycles. The van der Waals surface area contributed by atoms with Crippen LogP contribution in [0.3, 0.4) is 0 Å². The SMILES string of the molecule is CC.CCN1CCC(OCCOCCOCCOC)CC1. The molecule has 1 aliphatic heterocycles. The van der Waals surface area contributed by atoms with Crippen molar-refractivity contribution in [3.05, 3.63) is 0 Å². The summed E-state index contributed by atoms with van der Waals surface area (Å²) >= 11 is 0. The Morgan fingerprint density at radius 1 is 0.857 bits per heavy atom. The van der Waals surface area contributed by atoms with E-state index in [1.54, 1.807) is 7.11 Å². The van der Waals surface area contributed by atoms with Gasteiger partial charge in [-0.05, 0) is 19.4 Å². The van der Waals surface area contributed by atoms with Crippen LogP contribution in [0.4, 0.5) is 0 Å². The fourth-order valence-corrected chi connectivity index (χ4v) is 2.13. The van der Waals surface area contributed by atoms with Gasteiger partial charge in [0.2, 0.25) is 0 Å². The van der Waals surface area contributed by atoms with Gasteiger partial charge in [0.1, 0.15) is 0 Å². The van der Waals surface area contributed by atoms with Crippen molar-refractivity contribution in [3.63, 3.8) is 0 Å². The predicted octanol–water partition coefficient (Wildman–Crippen LogP) is 2.19. The lowest BCUT2D eigenvalue weighted by Crippen LogP contribution is -2.37. The number of likely N-dealkylation sites (tertiary alicyclic amines) is 1. The molecule has 0 bridgehead atoms. The second kappa shape index (κ2) is 16.2. The summed E-state index contributed by atoms with van der Waals surface area (Å²) in [5.41, 5.74) is 0. The van der Waals surface area contributed by atoms with E-state index in [0.717, 1.165) is 32.5 Å². The number of hydrogen-bond donors (Lipinski definition) is 0. The third kappa shape index (κ3) is 12.1. The van der Waals surface area contributed by atoms with E-state index in [1.807, 2.05) is 13.8 Å². The molecule has 1 rings (SSSR count). The summed E-state index contributed by atoms with van der Waals surface area (Å²) in [5.74, 6) is 0. The topological polar surface area (TPSA) is 40.2 Å². The Kier molecular flexibility index (Phi) is 16.0. The molecule has 1 fully saturated rings. The maximum Gasteiger partial charge on any atom is 0.0704 e. The third-order valence-electron chi connectivity index (χ3n) is 3.37. The van der Waals surface area contributed by atoms with Crippen LogP contribution >= 0.6 is 0 Å². The van der Waals surface area contributed by atoms with Crippen LogP contribution in [0.1, 0.15) is 33.6 Å². The summed E-state index contributed by atoms with van der Waals surface area (Å²) in [4.78, 5) is 2.47. The first-order chi connectivity index (χ1) is 10.4. The van der Waals surface area contributed by atoms with Crippen molar-refractivity contribution >= 4 is 0 Å². The summed E-state index contributed by atoms with van der Waals surface area (Å²) in [6.07, 6.45) is 2.71. The quantitative estimate of drug-likeness (QED) is 0.547. The van der Waals surface area contributed by atoms with E-state index in [2.05, 4.69) is 11.8 Å². The molecule has 5 nitrogen and oxygen atoms in total. The fraction of sp³-hybridized carbons (Fsp3) is 1.00. The molecule has 0 aromatic heterocycles. The van der Waals surface area contributed by atoms with E-state index >= 15 is 0 Å². The van der Waals surface area contributed by atoms with Crippen molar-refractivity contribution in [1.82, 2.24) is 4.90 Å². The molecule has 0 unspecified atom stereocenters. The highest BCUT2D eigenvalue weighted by atomic mass is 16.6. The van der Waals surface area contributed by atoms with Crippen LogP contribution in [-0.2, 0) is 18.9 Å². The van der Waals surface area contributed by atoms with E-state index in [9.17, 15) is 0 Å². The monoisotopic (exact) mass is 305 g/mol. The van der Waals surface area contributed by atoms with Gasteiger partial charge in [0.15, 0.2) is 0 Å². The molecule has 0 aliphatic carbocycles. The second-order valence-electron chi connectivity index (χ2n) is 4.72. The van der Waals surface area contributed by atoms with Crippen molar-refractivity contribution in [2.45, 2.75) is 39.7 Å². The van der Waals surface area contributed by atoms with Gasteiger partial charge < -0.3 is 23.8 Å². The lowest BCUT2D eigenvalue weighted by Gasteiger charge is -2.30. The molecule has 0 aromatic rings. The van der Waals surface area contributed by atoms with Gasteiger partial charge in [0.25, 0.3) is 0 Å². The Labute approximate surface area is 130 Å². The van der Waals surface area contributed by atoms with Gasteiger partial charge in [-0.3, -0.25) is 0 Å². The molecule has 0 atom stereocenters. The van der Waals surface area contributed by atoms with E-state index in [-0.39, 0.29) is 0 Å². The van der Waals surface area contributed by atoms with Gasteiger partial charge in [-0.25, -0.2) is 0 Å². The van der Waals surface area contributed by atoms with Gasteiger partial charge in [0.05, 0.1) is 45.7 Å². The second-order valence-corrected chi connectivity index (χ2v) is 4.72. The fourth-order valence-electron chi connectivity index (χ4n) is 2.13. The van der Waals surface area contributed by atoms with Crippen molar-refractivity contribution in [2.24, 2.45) is 0 Å². The molecule has 0 aromatic carbocycles. The van der Waals surface area contributed by atoms with Crippen LogP contribution in [0.15, 0.2) is 0 Å². The molecule has 1 saturated heterocycles. The molecule has 128 valence electrons. The van der Waals surface area contributed by atoms with Crippen LogP contribution in [-0.4, -0.2) is 77.4 Å². The predicted molar refractivity (Wildman–Crippen MR) is 86.0 cm³/mol. The Hall–Kier alpha value is -0.200. The van der Waals surface area contributed by atoms with Crippen LogP contribution in [0.2, 0.25) is 0 Å². The summed E-state index contributed by atoms with van der Waals surface area (Å²) in [6, 6.07) is 0. The first kappa shape index (κ1) is 20.8.